The van der Waals surface area contributed by atoms with Gasteiger partial charge in [-0.25, -0.2) is 0 Å². The van der Waals surface area contributed by atoms with Gasteiger partial charge in [-0.15, -0.1) is 0 Å². The number of carboxylic acid groups (broad SMARTS) is 1. The van der Waals surface area contributed by atoms with Gasteiger partial charge in [-0.05, 0) is 68.1 Å². The van der Waals surface area contributed by atoms with Crippen LogP contribution in [0.1, 0.15) is 75.6 Å². The molecule has 4 heteroatoms. The second-order valence-corrected chi connectivity index (χ2v) is 9.54. The first kappa shape index (κ1) is 23.8. The van der Waals surface area contributed by atoms with Crippen LogP contribution in [0.3, 0.4) is 0 Å². The van der Waals surface area contributed by atoms with Crippen molar-refractivity contribution in [1.82, 2.24) is 0 Å². The summed E-state index contributed by atoms with van der Waals surface area (Å²) in [4.78, 5) is 33.1. The van der Waals surface area contributed by atoms with Crippen molar-refractivity contribution >= 4 is 18.0 Å². The van der Waals surface area contributed by atoms with Gasteiger partial charge in [0.1, 0.15) is 12.1 Å². The monoisotopic (exact) mass is 381 g/mol. The van der Waals surface area contributed by atoms with Gasteiger partial charge in [0.2, 0.25) is 0 Å². The third kappa shape index (κ3) is 5.89. The molecule has 1 N–H and O–H groups in total. The van der Waals surface area contributed by atoms with E-state index in [4.69, 9.17) is 5.11 Å². The number of rotatable bonds is 6. The third-order valence-corrected chi connectivity index (χ3v) is 7.43. The number of Topliss-reactive ketones (excluding diaryl/α,β-unsaturated/α-hetero) is 1. The maximum Gasteiger partial charge on any atom is 1.00 e. The highest BCUT2D eigenvalue weighted by atomic mass is 16.4. The molecule has 0 bridgehead atoms. The number of hydrogen-bond donors (Lipinski definition) is 1. The number of hydrogen-bond acceptors (Lipinski definition) is 3. The van der Waals surface area contributed by atoms with E-state index >= 15 is 0 Å². The first-order chi connectivity index (χ1) is 12.5. The summed E-state index contributed by atoms with van der Waals surface area (Å²) in [5.41, 5.74) is 0. The number of carbonyl (C=O) groups excluding carboxylic acids is 2. The lowest BCUT2D eigenvalue weighted by molar-refractivity contribution is -0.145. The van der Waals surface area contributed by atoms with Gasteiger partial charge < -0.3 is 9.90 Å². The zero-order valence-electron chi connectivity index (χ0n) is 19.3. The molecule has 0 aromatic rings. The van der Waals surface area contributed by atoms with Crippen LogP contribution in [0.4, 0.5) is 0 Å². The van der Waals surface area contributed by atoms with Crippen molar-refractivity contribution in [2.24, 2.45) is 53.3 Å². The Hall–Kier alpha value is -1.19. The van der Waals surface area contributed by atoms with Crippen LogP contribution in [0.25, 0.3) is 0 Å². The largest absolute Gasteiger partial charge is 1.00 e. The predicted molar refractivity (Wildman–Crippen MR) is 109 cm³/mol. The molecule has 0 aromatic heterocycles. The molecule has 2 aliphatic carbocycles. The van der Waals surface area contributed by atoms with Crippen LogP contribution < -0.4 is 0 Å². The average molecular weight is 382 g/mol. The SMILES string of the molecule is CC(=O)[C@H]1[C@@H](C(C)C(C)C)CC[C@@H]1C.CC(C=O)[C@H]1CC[C@H](C)[C@H]1C(=O)O.[H+]. The topological polar surface area (TPSA) is 71.4 Å². The summed E-state index contributed by atoms with van der Waals surface area (Å²) in [6.45, 7) is 14.6. The molecular weight excluding hydrogens is 340 g/mol. The Morgan fingerprint density at radius 1 is 0.926 bits per heavy atom. The molecule has 0 heterocycles. The summed E-state index contributed by atoms with van der Waals surface area (Å²) in [6.07, 6.45) is 5.17. The highest BCUT2D eigenvalue weighted by molar-refractivity contribution is 5.79. The van der Waals surface area contributed by atoms with Crippen molar-refractivity contribution in [2.75, 3.05) is 0 Å². The highest BCUT2D eigenvalue weighted by Gasteiger charge is 2.41. The van der Waals surface area contributed by atoms with Gasteiger partial charge in [-0.1, -0.05) is 41.5 Å². The maximum atomic E-state index is 11.6. The van der Waals surface area contributed by atoms with Crippen molar-refractivity contribution < 1.29 is 20.9 Å². The Kier molecular flexibility index (Phi) is 9.17. The van der Waals surface area contributed by atoms with Crippen LogP contribution in [-0.4, -0.2) is 23.1 Å². The van der Waals surface area contributed by atoms with Gasteiger partial charge >= 0.3 is 7.40 Å². The molecule has 156 valence electrons. The lowest BCUT2D eigenvalue weighted by Crippen LogP contribution is -2.28. The lowest BCUT2D eigenvalue weighted by atomic mass is 9.76. The quantitative estimate of drug-likeness (QED) is 0.641. The van der Waals surface area contributed by atoms with E-state index in [1.165, 1.54) is 12.8 Å². The van der Waals surface area contributed by atoms with Gasteiger partial charge in [0.25, 0.3) is 0 Å². The molecule has 0 aliphatic heterocycles. The predicted octanol–water partition coefficient (Wildman–Crippen LogP) is 5.21. The molecule has 0 aromatic carbocycles. The molecule has 2 fully saturated rings. The molecular formula is C23H41O4+. The molecule has 2 aliphatic rings. The summed E-state index contributed by atoms with van der Waals surface area (Å²) in [5, 5.41) is 8.98. The number of carboxylic acids is 1. The van der Waals surface area contributed by atoms with Crippen LogP contribution in [0.5, 0.6) is 0 Å². The zero-order chi connectivity index (χ0) is 20.9. The zero-order valence-corrected chi connectivity index (χ0v) is 18.3. The summed E-state index contributed by atoms with van der Waals surface area (Å²) < 4.78 is 0. The van der Waals surface area contributed by atoms with Crippen LogP contribution in [-0.2, 0) is 14.4 Å². The van der Waals surface area contributed by atoms with Gasteiger partial charge in [0, 0.05) is 11.8 Å². The van der Waals surface area contributed by atoms with E-state index < -0.39 is 5.97 Å². The Bertz CT molecular complexity index is 519. The van der Waals surface area contributed by atoms with E-state index in [1.807, 2.05) is 13.8 Å². The number of aliphatic carboxylic acids is 1. The number of carbonyl (C=O) groups is 3. The van der Waals surface area contributed by atoms with Gasteiger partial charge in [-0.3, -0.25) is 9.59 Å². The molecule has 4 nitrogen and oxygen atoms in total. The van der Waals surface area contributed by atoms with E-state index in [0.717, 1.165) is 19.1 Å². The van der Waals surface area contributed by atoms with Crippen LogP contribution in [0.2, 0.25) is 0 Å². The molecule has 0 saturated heterocycles. The molecule has 27 heavy (non-hydrogen) atoms. The fourth-order valence-corrected chi connectivity index (χ4v) is 5.38. The molecule has 0 amide bonds. The summed E-state index contributed by atoms with van der Waals surface area (Å²) in [6, 6.07) is 0. The van der Waals surface area contributed by atoms with Crippen LogP contribution >= 0.6 is 0 Å². The second-order valence-electron chi connectivity index (χ2n) is 9.54. The summed E-state index contributed by atoms with van der Waals surface area (Å²) in [7, 11) is 0. The number of aldehydes is 1. The fourth-order valence-electron chi connectivity index (χ4n) is 5.38. The van der Waals surface area contributed by atoms with E-state index in [2.05, 4.69) is 27.7 Å². The molecule has 2 unspecified atom stereocenters. The standard InChI is InChI=1S/C13H24O.C10H16O3/c1-8(2)10(4)12-7-6-9(3)13(12)11(5)14;1-6-3-4-8(7(2)5-11)9(6)10(12)13/h8-10,12-13H,6-7H2,1-5H3;5-9H,3-4H2,1-2H3,(H,12,13)/p+1/t9-,10?,12+,13-;6-,7?,8+,9+/m00/s1. The second kappa shape index (κ2) is 10.4. The normalized spacial score (nSPS) is 35.3. The Morgan fingerprint density at radius 3 is 1.81 bits per heavy atom. The van der Waals surface area contributed by atoms with Gasteiger partial charge in [-0.2, -0.15) is 0 Å². The minimum atomic E-state index is -0.747. The van der Waals surface area contributed by atoms with Crippen molar-refractivity contribution in [3.8, 4) is 0 Å². The van der Waals surface area contributed by atoms with E-state index in [-0.39, 0.29) is 25.1 Å². The summed E-state index contributed by atoms with van der Waals surface area (Å²) >= 11 is 0. The lowest BCUT2D eigenvalue weighted by Gasteiger charge is -2.28. The molecule has 2 rings (SSSR count). The minimum absolute atomic E-state index is 0. The summed E-state index contributed by atoms with van der Waals surface area (Å²) in [5.74, 6) is 2.46. The fraction of sp³-hybridized carbons (Fsp3) is 0.870. The first-order valence-corrected chi connectivity index (χ1v) is 10.7. The highest BCUT2D eigenvalue weighted by Crippen LogP contribution is 2.43. The average Bonchev–Trinajstić information content (AvgIpc) is 3.16. The van der Waals surface area contributed by atoms with Crippen LogP contribution in [0, 0.1) is 53.3 Å². The van der Waals surface area contributed by atoms with Crippen molar-refractivity contribution in [3.63, 3.8) is 0 Å². The van der Waals surface area contributed by atoms with Crippen molar-refractivity contribution in [2.45, 2.75) is 74.1 Å². The van der Waals surface area contributed by atoms with E-state index in [0.29, 0.717) is 35.4 Å². The Morgan fingerprint density at radius 2 is 1.41 bits per heavy atom. The smallest absolute Gasteiger partial charge is 0.481 e. The molecule has 2 saturated carbocycles. The minimum Gasteiger partial charge on any atom is -0.481 e. The van der Waals surface area contributed by atoms with E-state index in [9.17, 15) is 14.4 Å². The van der Waals surface area contributed by atoms with Crippen molar-refractivity contribution in [1.29, 1.82) is 0 Å². The van der Waals surface area contributed by atoms with Gasteiger partial charge in [0.15, 0.2) is 0 Å². The van der Waals surface area contributed by atoms with E-state index in [1.54, 1.807) is 6.92 Å². The molecule has 8 atom stereocenters. The van der Waals surface area contributed by atoms with Gasteiger partial charge in [0.05, 0.1) is 5.92 Å². The van der Waals surface area contributed by atoms with Crippen LogP contribution in [0.15, 0.2) is 0 Å². The third-order valence-electron chi connectivity index (χ3n) is 7.43. The maximum absolute atomic E-state index is 11.6. The Balaban J connectivity index is 0.000000504. The Labute approximate surface area is 167 Å². The number of ketones is 1. The van der Waals surface area contributed by atoms with Crippen molar-refractivity contribution in [3.05, 3.63) is 0 Å². The first-order valence-electron chi connectivity index (χ1n) is 10.7. The molecule has 0 radical (unpaired) electrons. The molecule has 0 spiro atoms.